The molecule has 1 heterocycles. The molecule has 1 unspecified atom stereocenters. The Labute approximate surface area is 195 Å². The van der Waals surface area contributed by atoms with E-state index in [4.69, 9.17) is 19.9 Å². The summed E-state index contributed by atoms with van der Waals surface area (Å²) in [6.07, 6.45) is 0. The normalized spacial score (nSPS) is 15.8. The van der Waals surface area contributed by atoms with Gasteiger partial charge in [-0.3, -0.25) is 9.89 Å². The lowest BCUT2D eigenvalue weighted by molar-refractivity contribution is 0.0179. The second-order valence-electron chi connectivity index (χ2n) is 7.00. The standard InChI is InChI=1S/C22H30N4O3.HI/c1-16-5-4-6-18(13-16)25-22(23)24-15-19(26-9-11-29-12-10-26)17-7-8-20(27-2)21(14-17)28-3;/h4-8,13-14,19H,9-12,15H2,1-3H3,(H3,23,24,25);1H. The number of benzene rings is 2. The summed E-state index contributed by atoms with van der Waals surface area (Å²) in [6, 6.07) is 14.1. The number of aryl methyl sites for hydroxylation is 1. The number of rotatable bonds is 7. The van der Waals surface area contributed by atoms with Crippen molar-refractivity contribution in [2.24, 2.45) is 10.7 Å². The monoisotopic (exact) mass is 526 g/mol. The third kappa shape index (κ3) is 6.48. The van der Waals surface area contributed by atoms with Crippen molar-refractivity contribution in [3.63, 3.8) is 0 Å². The number of nitrogens with one attached hydrogen (secondary N) is 1. The molecule has 3 rings (SSSR count). The fraction of sp³-hybridized carbons (Fsp3) is 0.409. The van der Waals surface area contributed by atoms with Gasteiger partial charge in [0, 0.05) is 18.8 Å². The fourth-order valence-corrected chi connectivity index (χ4v) is 3.48. The molecule has 0 bridgehead atoms. The largest absolute Gasteiger partial charge is 0.493 e. The third-order valence-electron chi connectivity index (χ3n) is 5.00. The number of methoxy groups -OCH3 is 2. The molecule has 0 spiro atoms. The van der Waals surface area contributed by atoms with E-state index >= 15 is 0 Å². The van der Waals surface area contributed by atoms with Crippen molar-refractivity contribution < 1.29 is 14.2 Å². The van der Waals surface area contributed by atoms with Gasteiger partial charge < -0.3 is 25.3 Å². The zero-order valence-electron chi connectivity index (χ0n) is 17.8. The van der Waals surface area contributed by atoms with Crippen LogP contribution in [0.1, 0.15) is 17.2 Å². The van der Waals surface area contributed by atoms with Crippen molar-refractivity contribution in [3.05, 3.63) is 53.6 Å². The van der Waals surface area contributed by atoms with Crippen LogP contribution >= 0.6 is 24.0 Å². The Kier molecular flexibility index (Phi) is 9.67. The molecule has 1 aliphatic rings. The lowest BCUT2D eigenvalue weighted by Crippen LogP contribution is -2.40. The van der Waals surface area contributed by atoms with Gasteiger partial charge in [-0.15, -0.1) is 24.0 Å². The van der Waals surface area contributed by atoms with Crippen molar-refractivity contribution in [1.82, 2.24) is 4.90 Å². The molecule has 1 fully saturated rings. The summed E-state index contributed by atoms with van der Waals surface area (Å²) in [5.74, 6) is 1.81. The van der Waals surface area contributed by atoms with Gasteiger partial charge in [-0.1, -0.05) is 18.2 Å². The SMILES string of the molecule is COc1ccc(C(CN=C(N)Nc2cccc(C)c2)N2CCOCC2)cc1OC.I. The molecule has 1 atom stereocenters. The molecule has 3 N–H and O–H groups in total. The fourth-order valence-electron chi connectivity index (χ4n) is 3.48. The second-order valence-corrected chi connectivity index (χ2v) is 7.00. The molecular weight excluding hydrogens is 495 g/mol. The summed E-state index contributed by atoms with van der Waals surface area (Å²) in [7, 11) is 3.28. The molecule has 0 aromatic heterocycles. The van der Waals surface area contributed by atoms with E-state index < -0.39 is 0 Å². The second kappa shape index (κ2) is 12.0. The van der Waals surface area contributed by atoms with Gasteiger partial charge in [-0.05, 0) is 42.3 Å². The van der Waals surface area contributed by atoms with Crippen molar-refractivity contribution >= 4 is 35.6 Å². The zero-order valence-corrected chi connectivity index (χ0v) is 20.1. The van der Waals surface area contributed by atoms with Crippen LogP contribution < -0.4 is 20.5 Å². The van der Waals surface area contributed by atoms with E-state index in [0.29, 0.717) is 37.2 Å². The number of hydrogen-bond acceptors (Lipinski definition) is 5. The molecule has 0 aliphatic carbocycles. The molecule has 1 saturated heterocycles. The van der Waals surface area contributed by atoms with E-state index in [-0.39, 0.29) is 30.0 Å². The molecule has 0 amide bonds. The van der Waals surface area contributed by atoms with Crippen molar-refractivity contribution in [3.8, 4) is 11.5 Å². The Morgan fingerprint density at radius 3 is 2.53 bits per heavy atom. The minimum Gasteiger partial charge on any atom is -0.493 e. The number of morpholine rings is 1. The quantitative estimate of drug-likeness (QED) is 0.327. The van der Waals surface area contributed by atoms with E-state index in [1.165, 1.54) is 5.56 Å². The van der Waals surface area contributed by atoms with E-state index in [1.54, 1.807) is 14.2 Å². The van der Waals surface area contributed by atoms with Gasteiger partial charge in [-0.25, -0.2) is 0 Å². The predicted octanol–water partition coefficient (Wildman–Crippen LogP) is 3.43. The van der Waals surface area contributed by atoms with Gasteiger partial charge in [0.15, 0.2) is 17.5 Å². The van der Waals surface area contributed by atoms with Crippen molar-refractivity contribution in [1.29, 1.82) is 0 Å². The molecule has 8 heteroatoms. The molecule has 30 heavy (non-hydrogen) atoms. The molecule has 0 radical (unpaired) electrons. The van der Waals surface area contributed by atoms with E-state index in [2.05, 4.69) is 21.3 Å². The highest BCUT2D eigenvalue weighted by molar-refractivity contribution is 14.0. The molecular formula is C22H31IN4O3. The zero-order chi connectivity index (χ0) is 20.6. The highest BCUT2D eigenvalue weighted by atomic mass is 127. The summed E-state index contributed by atoms with van der Waals surface area (Å²) in [5, 5.41) is 3.17. The van der Waals surface area contributed by atoms with Crippen LogP contribution in [-0.2, 0) is 4.74 Å². The number of ether oxygens (including phenoxy) is 3. The first kappa shape index (κ1) is 24.2. The minimum atomic E-state index is 0. The molecule has 7 nitrogen and oxygen atoms in total. The Morgan fingerprint density at radius 1 is 1.13 bits per heavy atom. The molecule has 164 valence electrons. The van der Waals surface area contributed by atoms with Gasteiger partial charge in [0.2, 0.25) is 0 Å². The lowest BCUT2D eigenvalue weighted by Gasteiger charge is -2.34. The summed E-state index contributed by atoms with van der Waals surface area (Å²) in [4.78, 5) is 7.00. The molecule has 1 aliphatic heterocycles. The number of halogens is 1. The van der Waals surface area contributed by atoms with Crippen molar-refractivity contribution in [2.75, 3.05) is 52.4 Å². The van der Waals surface area contributed by atoms with Gasteiger partial charge in [0.1, 0.15) is 0 Å². The van der Waals surface area contributed by atoms with Crippen LogP contribution in [-0.4, -0.2) is 57.9 Å². The highest BCUT2D eigenvalue weighted by Crippen LogP contribution is 2.32. The summed E-state index contributed by atoms with van der Waals surface area (Å²) in [6.45, 7) is 5.69. The smallest absolute Gasteiger partial charge is 0.193 e. The molecule has 2 aromatic rings. The average molecular weight is 526 g/mol. The van der Waals surface area contributed by atoms with Gasteiger partial charge >= 0.3 is 0 Å². The van der Waals surface area contributed by atoms with Crippen LogP contribution in [0.5, 0.6) is 11.5 Å². The van der Waals surface area contributed by atoms with Crippen LogP contribution in [0.15, 0.2) is 47.5 Å². The van der Waals surface area contributed by atoms with E-state index in [0.717, 1.165) is 24.3 Å². The van der Waals surface area contributed by atoms with Crippen LogP contribution in [0.2, 0.25) is 0 Å². The Morgan fingerprint density at radius 2 is 1.87 bits per heavy atom. The molecule has 2 aromatic carbocycles. The topological polar surface area (TPSA) is 81.3 Å². The van der Waals surface area contributed by atoms with E-state index in [9.17, 15) is 0 Å². The molecule has 0 saturated carbocycles. The highest BCUT2D eigenvalue weighted by Gasteiger charge is 2.23. The third-order valence-corrected chi connectivity index (χ3v) is 5.00. The summed E-state index contributed by atoms with van der Waals surface area (Å²) in [5.41, 5.74) is 9.37. The first-order chi connectivity index (χ1) is 14.1. The van der Waals surface area contributed by atoms with Gasteiger partial charge in [-0.2, -0.15) is 0 Å². The summed E-state index contributed by atoms with van der Waals surface area (Å²) >= 11 is 0. The van der Waals surface area contributed by atoms with Crippen LogP contribution in [0.4, 0.5) is 5.69 Å². The number of anilines is 1. The Balaban J connectivity index is 0.00000320. The maximum absolute atomic E-state index is 6.16. The van der Waals surface area contributed by atoms with Crippen LogP contribution in [0.3, 0.4) is 0 Å². The maximum atomic E-state index is 6.16. The summed E-state index contributed by atoms with van der Waals surface area (Å²) < 4.78 is 16.4. The van der Waals surface area contributed by atoms with Crippen LogP contribution in [0, 0.1) is 6.92 Å². The lowest BCUT2D eigenvalue weighted by atomic mass is 10.0. The maximum Gasteiger partial charge on any atom is 0.193 e. The predicted molar refractivity (Wildman–Crippen MR) is 131 cm³/mol. The van der Waals surface area contributed by atoms with Gasteiger partial charge in [0.25, 0.3) is 0 Å². The Hall–Kier alpha value is -2.04. The average Bonchev–Trinajstić information content (AvgIpc) is 2.74. The van der Waals surface area contributed by atoms with Crippen LogP contribution in [0.25, 0.3) is 0 Å². The Bertz CT molecular complexity index is 841. The first-order valence-corrected chi connectivity index (χ1v) is 9.78. The number of nitrogens with zero attached hydrogens (tertiary/aromatic N) is 2. The number of hydrogen-bond donors (Lipinski definition) is 2. The van der Waals surface area contributed by atoms with Gasteiger partial charge in [0.05, 0.1) is 40.0 Å². The number of nitrogens with two attached hydrogens (primary N) is 1. The number of guanidine groups is 1. The van der Waals surface area contributed by atoms with E-state index in [1.807, 2.05) is 43.3 Å². The first-order valence-electron chi connectivity index (χ1n) is 9.78. The minimum absolute atomic E-state index is 0. The van der Waals surface area contributed by atoms with Crippen molar-refractivity contribution in [2.45, 2.75) is 13.0 Å². The number of aliphatic imine (C=N–C) groups is 1.